The number of cyclic esters (lactones) is 1. The van der Waals surface area contributed by atoms with E-state index in [2.05, 4.69) is 4.74 Å². The highest BCUT2D eigenvalue weighted by molar-refractivity contribution is 5.87. The number of methoxy groups -OCH3 is 1. The number of ether oxygens (including phenoxy) is 6. The second kappa shape index (κ2) is 13.1. The van der Waals surface area contributed by atoms with Crippen LogP contribution in [0, 0.1) is 0 Å². The Kier molecular flexibility index (Phi) is 8.72. The van der Waals surface area contributed by atoms with E-state index in [0.29, 0.717) is 27.9 Å². The Bertz CT molecular complexity index is 2110. The lowest BCUT2D eigenvalue weighted by molar-refractivity contribution is -0.271. The lowest BCUT2D eigenvalue weighted by atomic mass is 9.86. The maximum Gasteiger partial charge on any atom is 0.514 e. The van der Waals surface area contributed by atoms with E-state index in [1.54, 1.807) is 37.3 Å². The van der Waals surface area contributed by atoms with Crippen molar-refractivity contribution in [2.24, 2.45) is 0 Å². The molecule has 3 aliphatic heterocycles. The number of carbonyl (C=O) groups is 3. The molecular formula is C35H32N2O14. The SMILES string of the molecule is CC[C@@]1(O)C(=O)OCc2c1cc1n(c2=O)Cc2cc3cc(OC(=O)OCc4ccc(O[C@@H]5O[C@H](C(=O)OC)[C@@H](O)[C@H](O)[C@H]5O)cc4)ccc3nc2-1. The van der Waals surface area contributed by atoms with Crippen LogP contribution in [0.2, 0.25) is 0 Å². The van der Waals surface area contributed by atoms with Gasteiger partial charge in [0.15, 0.2) is 11.7 Å². The number of carbonyl (C=O) groups excluding carboxylic acids is 3. The molecule has 266 valence electrons. The van der Waals surface area contributed by atoms with Crippen LogP contribution in [0.1, 0.15) is 35.6 Å². The van der Waals surface area contributed by atoms with Gasteiger partial charge in [-0.25, -0.2) is 19.4 Å². The van der Waals surface area contributed by atoms with Gasteiger partial charge in [-0.05, 0) is 54.4 Å². The third kappa shape index (κ3) is 5.96. The molecule has 51 heavy (non-hydrogen) atoms. The normalized spacial score (nSPS) is 24.9. The van der Waals surface area contributed by atoms with E-state index in [1.165, 1.54) is 22.8 Å². The quantitative estimate of drug-likeness (QED) is 0.106. The molecule has 0 bridgehead atoms. The van der Waals surface area contributed by atoms with Crippen LogP contribution in [0.3, 0.4) is 0 Å². The molecule has 0 radical (unpaired) electrons. The minimum Gasteiger partial charge on any atom is -0.467 e. The summed E-state index contributed by atoms with van der Waals surface area (Å²) >= 11 is 0. The predicted molar refractivity (Wildman–Crippen MR) is 171 cm³/mol. The first-order valence-electron chi connectivity index (χ1n) is 15.9. The summed E-state index contributed by atoms with van der Waals surface area (Å²) in [6, 6.07) is 14.4. The molecule has 1 saturated heterocycles. The Labute approximate surface area is 288 Å². The molecule has 4 aromatic rings. The molecular weight excluding hydrogens is 672 g/mol. The maximum atomic E-state index is 13.4. The minimum atomic E-state index is -1.93. The first kappa shape index (κ1) is 34.1. The Hall–Kier alpha value is -5.39. The average Bonchev–Trinajstić information content (AvgIpc) is 3.49. The summed E-state index contributed by atoms with van der Waals surface area (Å²) in [4.78, 5) is 55.0. The number of hydrogen-bond acceptors (Lipinski definition) is 15. The number of nitrogens with zero attached hydrogens (tertiary/aromatic N) is 2. The van der Waals surface area contributed by atoms with Crippen LogP contribution in [0.4, 0.5) is 4.79 Å². The third-order valence-corrected chi connectivity index (χ3v) is 9.22. The highest BCUT2D eigenvalue weighted by atomic mass is 16.7. The van der Waals surface area contributed by atoms with Gasteiger partial charge < -0.3 is 53.4 Å². The fraction of sp³-hybridized carbons (Fsp3) is 0.343. The smallest absolute Gasteiger partial charge is 0.467 e. The zero-order valence-electron chi connectivity index (χ0n) is 27.2. The molecule has 0 saturated carbocycles. The van der Waals surface area contributed by atoms with Crippen molar-refractivity contribution in [2.45, 2.75) is 69.4 Å². The zero-order chi connectivity index (χ0) is 36.2. The molecule has 5 heterocycles. The number of hydrogen-bond donors (Lipinski definition) is 4. The molecule has 16 nitrogen and oxygen atoms in total. The molecule has 0 aliphatic carbocycles. The molecule has 6 atom stereocenters. The van der Waals surface area contributed by atoms with E-state index in [9.17, 15) is 39.6 Å². The number of pyridine rings is 2. The lowest BCUT2D eigenvalue weighted by Gasteiger charge is -2.38. The Morgan fingerprint density at radius 1 is 1.00 bits per heavy atom. The summed E-state index contributed by atoms with van der Waals surface area (Å²) < 4.78 is 32.7. The van der Waals surface area contributed by atoms with Crippen molar-refractivity contribution in [3.63, 3.8) is 0 Å². The fourth-order valence-corrected chi connectivity index (χ4v) is 6.35. The molecule has 16 heteroatoms. The van der Waals surface area contributed by atoms with Crippen LogP contribution >= 0.6 is 0 Å². The second-order valence-corrected chi connectivity index (χ2v) is 12.3. The Morgan fingerprint density at radius 2 is 1.75 bits per heavy atom. The maximum absolute atomic E-state index is 13.4. The summed E-state index contributed by atoms with van der Waals surface area (Å²) in [5.41, 5.74) is 1.00. The second-order valence-electron chi connectivity index (χ2n) is 12.3. The van der Waals surface area contributed by atoms with Crippen molar-refractivity contribution < 1.29 is 63.2 Å². The van der Waals surface area contributed by atoms with Gasteiger partial charge in [-0.2, -0.15) is 0 Å². The zero-order valence-corrected chi connectivity index (χ0v) is 27.2. The van der Waals surface area contributed by atoms with Gasteiger partial charge in [-0.3, -0.25) is 4.79 Å². The van der Waals surface area contributed by atoms with Gasteiger partial charge in [0, 0.05) is 16.5 Å². The number of aliphatic hydroxyl groups excluding tert-OH is 3. The molecule has 2 aromatic carbocycles. The Balaban J connectivity index is 0.997. The molecule has 2 aromatic heterocycles. The van der Waals surface area contributed by atoms with Crippen molar-refractivity contribution in [3.05, 3.63) is 87.2 Å². The van der Waals surface area contributed by atoms with Gasteiger partial charge in [0.1, 0.15) is 43.0 Å². The highest BCUT2D eigenvalue weighted by Crippen LogP contribution is 2.39. The van der Waals surface area contributed by atoms with E-state index in [4.69, 9.17) is 28.7 Å². The molecule has 0 amide bonds. The largest absolute Gasteiger partial charge is 0.514 e. The Morgan fingerprint density at radius 3 is 2.47 bits per heavy atom. The monoisotopic (exact) mass is 704 g/mol. The average molecular weight is 705 g/mol. The van der Waals surface area contributed by atoms with Crippen LogP contribution in [-0.2, 0) is 53.9 Å². The minimum absolute atomic E-state index is 0.0365. The van der Waals surface area contributed by atoms with Crippen molar-refractivity contribution >= 4 is 29.0 Å². The van der Waals surface area contributed by atoms with Gasteiger partial charge in [-0.1, -0.05) is 19.1 Å². The van der Waals surface area contributed by atoms with Crippen LogP contribution in [0.25, 0.3) is 22.3 Å². The first-order chi connectivity index (χ1) is 24.4. The van der Waals surface area contributed by atoms with Crippen LogP contribution in [0.5, 0.6) is 11.5 Å². The van der Waals surface area contributed by atoms with E-state index in [-0.39, 0.29) is 54.4 Å². The van der Waals surface area contributed by atoms with Gasteiger partial charge in [0.25, 0.3) is 5.56 Å². The first-order valence-corrected chi connectivity index (χ1v) is 15.9. The van der Waals surface area contributed by atoms with E-state index < -0.39 is 54.4 Å². The van der Waals surface area contributed by atoms with E-state index in [1.807, 2.05) is 6.07 Å². The van der Waals surface area contributed by atoms with Gasteiger partial charge >= 0.3 is 18.1 Å². The van der Waals surface area contributed by atoms with Crippen LogP contribution in [0.15, 0.2) is 59.4 Å². The summed E-state index contributed by atoms with van der Waals surface area (Å²) in [5.74, 6) is -1.37. The summed E-state index contributed by atoms with van der Waals surface area (Å²) in [5, 5.41) is 42.1. The highest BCUT2D eigenvalue weighted by Gasteiger charge is 2.49. The number of fused-ring (bicyclic) bond motifs is 5. The lowest BCUT2D eigenvalue weighted by Crippen LogP contribution is -2.61. The standard InChI is InChI=1S/C35H32N2O14/c1-3-35(45)22-12-24-25-18(13-37(24)30(41)21(22)15-47-33(35)43)10-17-11-20(8-9-23(17)36-25)50-34(44)48-14-16-4-6-19(7-5-16)49-32-28(40)26(38)27(39)29(51-32)31(42)46-2/h4-12,26-29,32,38-40,45H,3,13-15H2,1-2H3/t26-,27-,28+,29-,32+,35-/m0/s1. The van der Waals surface area contributed by atoms with Crippen molar-refractivity contribution in [3.8, 4) is 22.9 Å². The fourth-order valence-electron chi connectivity index (χ4n) is 6.35. The molecule has 7 rings (SSSR count). The third-order valence-electron chi connectivity index (χ3n) is 9.22. The number of benzene rings is 2. The molecule has 4 N–H and O–H groups in total. The van der Waals surface area contributed by atoms with Crippen molar-refractivity contribution in [2.75, 3.05) is 7.11 Å². The molecule has 0 spiro atoms. The number of aromatic nitrogens is 2. The van der Waals surface area contributed by atoms with E-state index in [0.717, 1.165) is 12.7 Å². The number of rotatable bonds is 7. The number of aliphatic hydroxyl groups is 4. The van der Waals surface area contributed by atoms with Crippen molar-refractivity contribution in [1.29, 1.82) is 0 Å². The topological polar surface area (TPSA) is 222 Å². The molecule has 1 fully saturated rings. The summed E-state index contributed by atoms with van der Waals surface area (Å²) in [6.45, 7) is 1.46. The van der Waals surface area contributed by atoms with Gasteiger partial charge in [0.2, 0.25) is 6.29 Å². The number of esters is 2. The van der Waals surface area contributed by atoms with Crippen molar-refractivity contribution in [1.82, 2.24) is 9.55 Å². The van der Waals surface area contributed by atoms with Crippen LogP contribution in [-0.4, -0.2) is 85.9 Å². The summed E-state index contributed by atoms with van der Waals surface area (Å²) in [7, 11) is 1.08. The summed E-state index contributed by atoms with van der Waals surface area (Å²) in [6.07, 6.45) is -9.11. The predicted octanol–water partition coefficient (Wildman–Crippen LogP) is 1.15. The van der Waals surface area contributed by atoms with Gasteiger partial charge in [-0.15, -0.1) is 0 Å². The van der Waals surface area contributed by atoms with Crippen LogP contribution < -0.4 is 15.0 Å². The van der Waals surface area contributed by atoms with E-state index >= 15 is 0 Å². The van der Waals surface area contributed by atoms with Gasteiger partial charge in [0.05, 0.1) is 36.1 Å². The molecule has 0 unspecified atom stereocenters. The molecule has 3 aliphatic rings.